The molecular formula is C21H21BrN2O4S. The summed E-state index contributed by atoms with van der Waals surface area (Å²) >= 11 is 4.69. The second kappa shape index (κ2) is 9.96. The van der Waals surface area contributed by atoms with Gasteiger partial charge in [-0.15, -0.1) is 0 Å². The Morgan fingerprint density at radius 2 is 2.03 bits per heavy atom. The standard InChI is InChI=1S/C21H21BrN2O4S/c1-3-28-17-13-15(22)11-14(19(17)25)12-18-20(26)24(9-10-27-2)21(29-18)23-16-7-5-4-6-8-16/h4-8,11-13,25H,3,9-10H2,1-2H3/b18-12+,23-21?. The van der Waals surface area contributed by atoms with Gasteiger partial charge < -0.3 is 14.6 Å². The normalized spacial score (nSPS) is 16.8. The number of hydrogen-bond donors (Lipinski definition) is 1. The molecular weight excluding hydrogens is 456 g/mol. The van der Waals surface area contributed by atoms with Gasteiger partial charge in [-0.3, -0.25) is 9.69 Å². The predicted molar refractivity (Wildman–Crippen MR) is 120 cm³/mol. The minimum absolute atomic E-state index is 0.00663. The van der Waals surface area contributed by atoms with Crippen LogP contribution in [0.4, 0.5) is 5.69 Å². The number of amides is 1. The number of benzene rings is 2. The number of nitrogens with zero attached hydrogens (tertiary/aromatic N) is 2. The number of hydrogen-bond acceptors (Lipinski definition) is 6. The van der Waals surface area contributed by atoms with Crippen LogP contribution in [0, 0.1) is 0 Å². The zero-order valence-electron chi connectivity index (χ0n) is 16.1. The van der Waals surface area contributed by atoms with Crippen LogP contribution in [0.25, 0.3) is 6.08 Å². The van der Waals surface area contributed by atoms with Crippen LogP contribution < -0.4 is 4.74 Å². The highest BCUT2D eigenvalue weighted by Gasteiger charge is 2.33. The lowest BCUT2D eigenvalue weighted by atomic mass is 10.1. The second-order valence-electron chi connectivity index (χ2n) is 6.06. The van der Waals surface area contributed by atoms with Crippen molar-refractivity contribution in [3.63, 3.8) is 0 Å². The number of phenolic OH excluding ortho intramolecular Hbond substituents is 1. The van der Waals surface area contributed by atoms with Crippen molar-refractivity contribution in [2.24, 2.45) is 4.99 Å². The molecule has 0 spiro atoms. The fraction of sp³-hybridized carbons (Fsp3) is 0.238. The highest BCUT2D eigenvalue weighted by molar-refractivity contribution is 9.10. The van der Waals surface area contributed by atoms with E-state index in [9.17, 15) is 9.90 Å². The summed E-state index contributed by atoms with van der Waals surface area (Å²) in [5.41, 5.74) is 1.25. The molecule has 0 bridgehead atoms. The molecule has 0 atom stereocenters. The molecule has 1 N–H and O–H groups in total. The number of carbonyl (C=O) groups is 1. The van der Waals surface area contributed by atoms with E-state index in [1.807, 2.05) is 37.3 Å². The molecule has 2 aromatic carbocycles. The molecule has 6 nitrogen and oxygen atoms in total. The van der Waals surface area contributed by atoms with E-state index in [-0.39, 0.29) is 11.7 Å². The number of amidine groups is 1. The van der Waals surface area contributed by atoms with Crippen molar-refractivity contribution >= 4 is 50.5 Å². The van der Waals surface area contributed by atoms with Crippen molar-refractivity contribution in [1.29, 1.82) is 0 Å². The zero-order chi connectivity index (χ0) is 20.8. The van der Waals surface area contributed by atoms with Crippen LogP contribution in [-0.2, 0) is 9.53 Å². The Bertz CT molecular complexity index is 947. The van der Waals surface area contributed by atoms with Crippen LogP contribution in [0.2, 0.25) is 0 Å². The van der Waals surface area contributed by atoms with Gasteiger partial charge in [-0.2, -0.15) is 0 Å². The Balaban J connectivity index is 1.98. The molecule has 2 aromatic rings. The van der Waals surface area contributed by atoms with Gasteiger partial charge in [-0.25, -0.2) is 4.99 Å². The van der Waals surface area contributed by atoms with Gasteiger partial charge in [0, 0.05) is 17.1 Å². The number of rotatable bonds is 7. The van der Waals surface area contributed by atoms with E-state index in [0.29, 0.717) is 41.1 Å². The monoisotopic (exact) mass is 476 g/mol. The number of thioether (sulfide) groups is 1. The van der Waals surface area contributed by atoms with E-state index in [4.69, 9.17) is 9.47 Å². The van der Waals surface area contributed by atoms with Gasteiger partial charge in [0.05, 0.1) is 30.4 Å². The molecule has 0 aliphatic carbocycles. The fourth-order valence-corrected chi connectivity index (χ4v) is 4.17. The molecule has 3 rings (SSSR count). The van der Waals surface area contributed by atoms with Gasteiger partial charge >= 0.3 is 0 Å². The molecule has 1 amide bonds. The average molecular weight is 477 g/mol. The Labute approximate surface area is 182 Å². The minimum atomic E-state index is -0.181. The minimum Gasteiger partial charge on any atom is -0.504 e. The SMILES string of the molecule is CCOc1cc(Br)cc(/C=C2/SC(=Nc3ccccc3)N(CCOC)C2=O)c1O. The van der Waals surface area contributed by atoms with Gasteiger partial charge in [0.25, 0.3) is 5.91 Å². The zero-order valence-corrected chi connectivity index (χ0v) is 18.5. The number of halogens is 1. The topological polar surface area (TPSA) is 71.4 Å². The number of aliphatic imine (C=N–C) groups is 1. The molecule has 29 heavy (non-hydrogen) atoms. The first-order valence-electron chi connectivity index (χ1n) is 9.03. The van der Waals surface area contributed by atoms with Gasteiger partial charge in [0.2, 0.25) is 0 Å². The summed E-state index contributed by atoms with van der Waals surface area (Å²) in [7, 11) is 1.59. The fourth-order valence-electron chi connectivity index (χ4n) is 2.70. The van der Waals surface area contributed by atoms with Gasteiger partial charge in [0.1, 0.15) is 0 Å². The van der Waals surface area contributed by atoms with E-state index in [1.54, 1.807) is 30.2 Å². The maximum absolute atomic E-state index is 13.0. The lowest BCUT2D eigenvalue weighted by Crippen LogP contribution is -2.32. The van der Waals surface area contributed by atoms with Crippen molar-refractivity contribution in [2.45, 2.75) is 6.92 Å². The van der Waals surface area contributed by atoms with Crippen LogP contribution in [0.5, 0.6) is 11.5 Å². The van der Waals surface area contributed by atoms with Crippen LogP contribution in [0.15, 0.2) is 56.8 Å². The first-order valence-corrected chi connectivity index (χ1v) is 10.6. The Hall–Kier alpha value is -2.29. The highest BCUT2D eigenvalue weighted by Crippen LogP contribution is 2.39. The Morgan fingerprint density at radius 3 is 2.72 bits per heavy atom. The van der Waals surface area contributed by atoms with Gasteiger partial charge in [-0.1, -0.05) is 34.1 Å². The first kappa shape index (κ1) is 21.4. The molecule has 1 heterocycles. The summed E-state index contributed by atoms with van der Waals surface area (Å²) in [6.45, 7) is 3.05. The summed E-state index contributed by atoms with van der Waals surface area (Å²) in [6, 6.07) is 12.9. The Kier molecular flexibility index (Phi) is 7.35. The van der Waals surface area contributed by atoms with E-state index >= 15 is 0 Å². The van der Waals surface area contributed by atoms with Crippen molar-refractivity contribution in [3.8, 4) is 11.5 Å². The molecule has 1 aliphatic heterocycles. The third-order valence-electron chi connectivity index (χ3n) is 4.04. The summed E-state index contributed by atoms with van der Waals surface area (Å²) in [5.74, 6) is 0.172. The van der Waals surface area contributed by atoms with E-state index in [0.717, 1.165) is 10.2 Å². The van der Waals surface area contributed by atoms with Gasteiger partial charge in [-0.05, 0) is 49.0 Å². The number of aromatic hydroxyl groups is 1. The van der Waals surface area contributed by atoms with Crippen LogP contribution in [0.3, 0.4) is 0 Å². The van der Waals surface area contributed by atoms with Crippen molar-refractivity contribution < 1.29 is 19.4 Å². The number of methoxy groups -OCH3 is 1. The molecule has 1 fully saturated rings. The maximum atomic E-state index is 13.0. The Morgan fingerprint density at radius 1 is 1.28 bits per heavy atom. The molecule has 152 valence electrons. The molecule has 0 unspecified atom stereocenters. The third-order valence-corrected chi connectivity index (χ3v) is 5.51. The predicted octanol–water partition coefficient (Wildman–Crippen LogP) is 4.80. The van der Waals surface area contributed by atoms with Crippen LogP contribution in [0.1, 0.15) is 12.5 Å². The smallest absolute Gasteiger partial charge is 0.266 e. The number of ether oxygens (including phenoxy) is 2. The lowest BCUT2D eigenvalue weighted by Gasteiger charge is -2.14. The quantitative estimate of drug-likeness (QED) is 0.580. The highest BCUT2D eigenvalue weighted by atomic mass is 79.9. The van der Waals surface area contributed by atoms with Crippen molar-refractivity contribution in [3.05, 3.63) is 57.4 Å². The largest absolute Gasteiger partial charge is 0.504 e. The van der Waals surface area contributed by atoms with E-state index < -0.39 is 0 Å². The molecule has 1 saturated heterocycles. The lowest BCUT2D eigenvalue weighted by molar-refractivity contribution is -0.122. The second-order valence-corrected chi connectivity index (χ2v) is 7.99. The first-order chi connectivity index (χ1) is 14.0. The molecule has 0 aromatic heterocycles. The maximum Gasteiger partial charge on any atom is 0.266 e. The number of phenols is 1. The van der Waals surface area contributed by atoms with Crippen LogP contribution in [-0.4, -0.2) is 47.9 Å². The van der Waals surface area contributed by atoms with Crippen LogP contribution >= 0.6 is 27.7 Å². The summed E-state index contributed by atoms with van der Waals surface area (Å²) in [5, 5.41) is 11.1. The summed E-state index contributed by atoms with van der Waals surface area (Å²) in [6.07, 6.45) is 1.66. The van der Waals surface area contributed by atoms with E-state index in [2.05, 4.69) is 20.9 Å². The molecule has 8 heteroatoms. The summed E-state index contributed by atoms with van der Waals surface area (Å²) < 4.78 is 11.4. The van der Waals surface area contributed by atoms with Crippen molar-refractivity contribution in [1.82, 2.24) is 4.90 Å². The number of carbonyl (C=O) groups excluding carboxylic acids is 1. The molecule has 0 saturated carbocycles. The average Bonchev–Trinajstić information content (AvgIpc) is 2.99. The van der Waals surface area contributed by atoms with Crippen molar-refractivity contribution in [2.75, 3.05) is 26.9 Å². The molecule has 0 radical (unpaired) electrons. The number of para-hydroxylation sites is 1. The van der Waals surface area contributed by atoms with Gasteiger partial charge in [0.15, 0.2) is 16.7 Å². The molecule has 1 aliphatic rings. The van der Waals surface area contributed by atoms with E-state index in [1.165, 1.54) is 11.8 Å². The third kappa shape index (κ3) is 5.20. The summed E-state index contributed by atoms with van der Waals surface area (Å²) in [4.78, 5) is 19.7.